The molecule has 0 radical (unpaired) electrons. The van der Waals surface area contributed by atoms with Gasteiger partial charge in [0.2, 0.25) is 5.88 Å². The molecule has 1 aromatic carbocycles. The summed E-state index contributed by atoms with van der Waals surface area (Å²) in [6.45, 7) is 0. The second-order valence-corrected chi connectivity index (χ2v) is 3.87. The number of ether oxygens (including phenoxy) is 1. The van der Waals surface area contributed by atoms with E-state index in [0.717, 1.165) is 0 Å². The molecule has 0 aliphatic heterocycles. The van der Waals surface area contributed by atoms with Gasteiger partial charge in [-0.2, -0.15) is 4.98 Å². The number of methoxy groups -OCH3 is 1. The standard InChI is InChI=1S/C12H9ClFN3O2/c1-19-9-6-15-10(11(13)17-9)12(18)16-8-4-2-7(14)3-5-8/h2-6H,1H3,(H,16,18). The van der Waals surface area contributed by atoms with E-state index in [0.29, 0.717) is 5.69 Å². The van der Waals surface area contributed by atoms with Crippen LogP contribution in [0.2, 0.25) is 5.15 Å². The highest BCUT2D eigenvalue weighted by atomic mass is 35.5. The summed E-state index contributed by atoms with van der Waals surface area (Å²) in [5, 5.41) is 2.46. The maximum atomic E-state index is 12.7. The number of carbonyl (C=O) groups is 1. The van der Waals surface area contributed by atoms with Crippen LogP contribution < -0.4 is 10.1 Å². The molecule has 1 N–H and O–H groups in total. The van der Waals surface area contributed by atoms with E-state index in [1.165, 1.54) is 37.6 Å². The number of carbonyl (C=O) groups excluding carboxylic acids is 1. The van der Waals surface area contributed by atoms with Gasteiger partial charge in [-0.3, -0.25) is 4.79 Å². The molecule has 0 fully saturated rings. The summed E-state index contributed by atoms with van der Waals surface area (Å²) < 4.78 is 17.6. The molecule has 0 saturated carbocycles. The zero-order valence-electron chi connectivity index (χ0n) is 9.85. The van der Waals surface area contributed by atoms with E-state index in [2.05, 4.69) is 15.3 Å². The third-order valence-electron chi connectivity index (χ3n) is 2.23. The first-order chi connectivity index (χ1) is 9.10. The second-order valence-electron chi connectivity index (χ2n) is 3.51. The average molecular weight is 282 g/mol. The van der Waals surface area contributed by atoms with Crippen molar-refractivity contribution in [3.8, 4) is 5.88 Å². The fraction of sp³-hybridized carbons (Fsp3) is 0.0833. The Morgan fingerprint density at radius 2 is 2.05 bits per heavy atom. The topological polar surface area (TPSA) is 64.1 Å². The number of aromatic nitrogens is 2. The monoisotopic (exact) mass is 281 g/mol. The van der Waals surface area contributed by atoms with Crippen LogP contribution in [0.5, 0.6) is 5.88 Å². The van der Waals surface area contributed by atoms with Crippen LogP contribution in [0.3, 0.4) is 0 Å². The minimum Gasteiger partial charge on any atom is -0.480 e. The van der Waals surface area contributed by atoms with Crippen LogP contribution in [0.1, 0.15) is 10.5 Å². The van der Waals surface area contributed by atoms with Crippen molar-refractivity contribution in [2.75, 3.05) is 12.4 Å². The largest absolute Gasteiger partial charge is 0.480 e. The van der Waals surface area contributed by atoms with Gasteiger partial charge in [-0.15, -0.1) is 0 Å². The molecule has 5 nitrogen and oxygen atoms in total. The number of amides is 1. The van der Waals surface area contributed by atoms with Gasteiger partial charge in [0.1, 0.15) is 5.82 Å². The number of hydrogen-bond acceptors (Lipinski definition) is 4. The van der Waals surface area contributed by atoms with Crippen molar-refractivity contribution >= 4 is 23.2 Å². The molecule has 0 bridgehead atoms. The highest BCUT2D eigenvalue weighted by Gasteiger charge is 2.14. The van der Waals surface area contributed by atoms with E-state index in [1.54, 1.807) is 0 Å². The lowest BCUT2D eigenvalue weighted by molar-refractivity contribution is 0.102. The third kappa shape index (κ3) is 3.17. The van der Waals surface area contributed by atoms with E-state index in [9.17, 15) is 9.18 Å². The Kier molecular flexibility index (Phi) is 3.91. The summed E-state index contributed by atoms with van der Waals surface area (Å²) in [5.41, 5.74) is 0.395. The quantitative estimate of drug-likeness (QED) is 0.939. The molecule has 1 amide bonds. The van der Waals surface area contributed by atoms with E-state index in [-0.39, 0.29) is 22.5 Å². The van der Waals surface area contributed by atoms with Gasteiger partial charge in [0.05, 0.1) is 13.3 Å². The van der Waals surface area contributed by atoms with Gasteiger partial charge in [-0.1, -0.05) is 11.6 Å². The summed E-state index contributed by atoms with van der Waals surface area (Å²) >= 11 is 5.82. The average Bonchev–Trinajstić information content (AvgIpc) is 2.41. The van der Waals surface area contributed by atoms with Crippen LogP contribution in [0.4, 0.5) is 10.1 Å². The Labute approximate surface area is 113 Å². The lowest BCUT2D eigenvalue weighted by Gasteiger charge is -2.06. The van der Waals surface area contributed by atoms with Crippen LogP contribution >= 0.6 is 11.6 Å². The van der Waals surface area contributed by atoms with Gasteiger partial charge in [-0.25, -0.2) is 9.37 Å². The number of halogens is 2. The molecule has 2 rings (SSSR count). The van der Waals surface area contributed by atoms with Crippen molar-refractivity contribution in [3.05, 3.63) is 47.1 Å². The van der Waals surface area contributed by atoms with Crippen molar-refractivity contribution in [1.82, 2.24) is 9.97 Å². The van der Waals surface area contributed by atoms with Crippen molar-refractivity contribution in [2.24, 2.45) is 0 Å². The predicted octanol–water partition coefficient (Wildman–Crippen LogP) is 2.53. The summed E-state index contributed by atoms with van der Waals surface area (Å²) in [6, 6.07) is 5.32. The molecule has 0 spiro atoms. The van der Waals surface area contributed by atoms with Gasteiger partial charge < -0.3 is 10.1 Å². The lowest BCUT2D eigenvalue weighted by Crippen LogP contribution is -2.15. The van der Waals surface area contributed by atoms with Crippen molar-refractivity contribution in [2.45, 2.75) is 0 Å². The van der Waals surface area contributed by atoms with Gasteiger partial charge in [0.15, 0.2) is 10.8 Å². The number of benzene rings is 1. The summed E-state index contributed by atoms with van der Waals surface area (Å²) in [5.74, 6) is -0.713. The van der Waals surface area contributed by atoms with E-state index in [1.807, 2.05) is 0 Å². The highest BCUT2D eigenvalue weighted by Crippen LogP contribution is 2.16. The molecular weight excluding hydrogens is 273 g/mol. The molecule has 98 valence electrons. The van der Waals surface area contributed by atoms with Crippen molar-refractivity contribution < 1.29 is 13.9 Å². The van der Waals surface area contributed by atoms with E-state index < -0.39 is 5.91 Å². The first-order valence-electron chi connectivity index (χ1n) is 5.23. The number of anilines is 1. The smallest absolute Gasteiger partial charge is 0.277 e. The summed E-state index contributed by atoms with van der Waals surface area (Å²) in [7, 11) is 1.42. The molecule has 0 aliphatic rings. The predicted molar refractivity (Wildman–Crippen MR) is 67.9 cm³/mol. The molecule has 2 aromatic rings. The van der Waals surface area contributed by atoms with Gasteiger partial charge >= 0.3 is 0 Å². The number of hydrogen-bond donors (Lipinski definition) is 1. The third-order valence-corrected chi connectivity index (χ3v) is 2.50. The number of nitrogens with one attached hydrogen (secondary N) is 1. The normalized spacial score (nSPS) is 10.1. The summed E-state index contributed by atoms with van der Waals surface area (Å²) in [6.07, 6.45) is 1.28. The molecule has 19 heavy (non-hydrogen) atoms. The zero-order chi connectivity index (χ0) is 13.8. The Morgan fingerprint density at radius 1 is 1.37 bits per heavy atom. The molecule has 0 unspecified atom stereocenters. The minimum absolute atomic E-state index is 0.0354. The van der Waals surface area contributed by atoms with Gasteiger partial charge in [0.25, 0.3) is 5.91 Å². The molecule has 1 heterocycles. The van der Waals surface area contributed by atoms with Crippen LogP contribution in [0, 0.1) is 5.82 Å². The Hall–Kier alpha value is -2.21. The molecule has 0 aliphatic carbocycles. The van der Waals surface area contributed by atoms with Crippen molar-refractivity contribution in [3.63, 3.8) is 0 Å². The Bertz CT molecular complexity index is 604. The molecule has 1 aromatic heterocycles. The molecule has 0 saturated heterocycles. The van der Waals surface area contributed by atoms with E-state index >= 15 is 0 Å². The lowest BCUT2D eigenvalue weighted by atomic mass is 10.3. The fourth-order valence-corrected chi connectivity index (χ4v) is 1.54. The molecular formula is C12H9ClFN3O2. The Morgan fingerprint density at radius 3 is 2.63 bits per heavy atom. The maximum absolute atomic E-state index is 12.7. The first kappa shape index (κ1) is 13.2. The Balaban J connectivity index is 2.18. The number of nitrogens with zero attached hydrogens (tertiary/aromatic N) is 2. The SMILES string of the molecule is COc1cnc(C(=O)Nc2ccc(F)cc2)c(Cl)n1. The van der Waals surface area contributed by atoms with Gasteiger partial charge in [0, 0.05) is 5.69 Å². The van der Waals surface area contributed by atoms with Crippen LogP contribution in [0.25, 0.3) is 0 Å². The molecule has 7 heteroatoms. The first-order valence-corrected chi connectivity index (χ1v) is 5.61. The van der Waals surface area contributed by atoms with Crippen LogP contribution in [-0.4, -0.2) is 23.0 Å². The maximum Gasteiger partial charge on any atom is 0.277 e. The van der Waals surface area contributed by atoms with Crippen LogP contribution in [-0.2, 0) is 0 Å². The minimum atomic E-state index is -0.535. The molecule has 0 atom stereocenters. The zero-order valence-corrected chi connectivity index (χ0v) is 10.6. The van der Waals surface area contributed by atoms with Crippen molar-refractivity contribution in [1.29, 1.82) is 0 Å². The number of rotatable bonds is 3. The van der Waals surface area contributed by atoms with Gasteiger partial charge in [-0.05, 0) is 24.3 Å². The highest BCUT2D eigenvalue weighted by molar-refractivity contribution is 6.32. The van der Waals surface area contributed by atoms with Crippen LogP contribution in [0.15, 0.2) is 30.5 Å². The fourth-order valence-electron chi connectivity index (χ4n) is 1.33. The summed E-state index contributed by atoms with van der Waals surface area (Å²) in [4.78, 5) is 19.6. The van der Waals surface area contributed by atoms with E-state index in [4.69, 9.17) is 16.3 Å². The second kappa shape index (κ2) is 5.62.